The molecule has 1 heterocycles. The lowest BCUT2D eigenvalue weighted by Crippen LogP contribution is -2.38. The maximum atomic E-state index is 8.84. The number of nitrogens with one attached hydrogen (secondary N) is 1. The molecule has 0 saturated carbocycles. The Morgan fingerprint density at radius 1 is 1.53 bits per heavy atom. The summed E-state index contributed by atoms with van der Waals surface area (Å²) in [4.78, 5) is 2.46. The predicted molar refractivity (Wildman–Crippen MR) is 78.1 cm³/mol. The van der Waals surface area contributed by atoms with Crippen molar-refractivity contribution in [1.29, 1.82) is 5.26 Å². The lowest BCUT2D eigenvalue weighted by Gasteiger charge is -2.32. The van der Waals surface area contributed by atoms with Crippen LogP contribution in [0, 0.1) is 17.2 Å². The van der Waals surface area contributed by atoms with Gasteiger partial charge in [0.15, 0.2) is 0 Å². The highest BCUT2D eigenvalue weighted by Crippen LogP contribution is 2.22. The van der Waals surface area contributed by atoms with Crippen molar-refractivity contribution in [1.82, 2.24) is 10.2 Å². The predicted octanol–water partition coefficient (Wildman–Crippen LogP) is 2.64. The summed E-state index contributed by atoms with van der Waals surface area (Å²) in [7, 11) is 2.01. The molecule has 0 radical (unpaired) electrons. The number of halogens is 1. The second-order valence-corrected chi connectivity index (χ2v) is 5.63. The van der Waals surface area contributed by atoms with Gasteiger partial charge < -0.3 is 5.32 Å². The van der Waals surface area contributed by atoms with Gasteiger partial charge in [0.25, 0.3) is 0 Å². The first kappa shape index (κ1) is 14.3. The lowest BCUT2D eigenvalue weighted by atomic mass is 9.97. The molecule has 1 aromatic rings. The molecule has 1 unspecified atom stereocenters. The van der Waals surface area contributed by atoms with Crippen molar-refractivity contribution in [3.05, 3.63) is 34.3 Å². The molecule has 102 valence electrons. The minimum Gasteiger partial charge on any atom is -0.319 e. The van der Waals surface area contributed by atoms with E-state index in [1.54, 1.807) is 6.07 Å². The molecule has 0 spiro atoms. The summed E-state index contributed by atoms with van der Waals surface area (Å²) >= 11 is 6.23. The van der Waals surface area contributed by atoms with E-state index in [1.807, 2.05) is 19.2 Å². The summed E-state index contributed by atoms with van der Waals surface area (Å²) in [6.07, 6.45) is 2.55. The fourth-order valence-corrected chi connectivity index (χ4v) is 2.98. The standard InChI is InChI=1S/C15H20ClN3/c1-18-9-13-3-2-6-19(10-13)11-14-5-4-12(8-17)7-15(14)16/h4-5,7,13,18H,2-3,6,9-11H2,1H3. The zero-order valence-electron chi connectivity index (χ0n) is 11.3. The molecule has 0 bridgehead atoms. The average molecular weight is 278 g/mol. The minimum absolute atomic E-state index is 0.625. The Morgan fingerprint density at radius 2 is 2.37 bits per heavy atom. The topological polar surface area (TPSA) is 39.1 Å². The van der Waals surface area contributed by atoms with E-state index in [4.69, 9.17) is 16.9 Å². The zero-order valence-corrected chi connectivity index (χ0v) is 12.1. The van der Waals surface area contributed by atoms with Gasteiger partial charge in [-0.15, -0.1) is 0 Å². The molecule has 1 aliphatic rings. The first-order valence-corrected chi connectivity index (χ1v) is 7.16. The van der Waals surface area contributed by atoms with Crippen molar-refractivity contribution in [3.63, 3.8) is 0 Å². The second kappa shape index (κ2) is 6.91. The number of likely N-dealkylation sites (tertiary alicyclic amines) is 1. The van der Waals surface area contributed by atoms with Crippen LogP contribution in [0.1, 0.15) is 24.0 Å². The van der Waals surface area contributed by atoms with Crippen molar-refractivity contribution in [2.75, 3.05) is 26.7 Å². The van der Waals surface area contributed by atoms with Crippen LogP contribution in [0.3, 0.4) is 0 Å². The number of rotatable bonds is 4. The molecule has 1 aliphatic heterocycles. The van der Waals surface area contributed by atoms with Gasteiger partial charge in [-0.05, 0) is 56.6 Å². The van der Waals surface area contributed by atoms with Gasteiger partial charge in [0, 0.05) is 18.1 Å². The fraction of sp³-hybridized carbons (Fsp3) is 0.533. The van der Waals surface area contributed by atoms with E-state index in [0.29, 0.717) is 10.6 Å². The van der Waals surface area contributed by atoms with E-state index in [9.17, 15) is 0 Å². The van der Waals surface area contributed by atoms with E-state index in [0.717, 1.165) is 37.7 Å². The smallest absolute Gasteiger partial charge is 0.0992 e. The zero-order chi connectivity index (χ0) is 13.7. The molecule has 1 N–H and O–H groups in total. The molecule has 0 aromatic heterocycles. The van der Waals surface area contributed by atoms with Gasteiger partial charge in [-0.1, -0.05) is 17.7 Å². The highest BCUT2D eigenvalue weighted by Gasteiger charge is 2.19. The summed E-state index contributed by atoms with van der Waals surface area (Å²) < 4.78 is 0. The SMILES string of the molecule is CNCC1CCCN(Cc2ccc(C#N)cc2Cl)C1. The van der Waals surface area contributed by atoms with Gasteiger partial charge >= 0.3 is 0 Å². The number of hydrogen-bond donors (Lipinski definition) is 1. The quantitative estimate of drug-likeness (QED) is 0.920. The maximum Gasteiger partial charge on any atom is 0.0992 e. The third-order valence-corrected chi connectivity index (χ3v) is 4.02. The normalized spacial score (nSPS) is 20.2. The Kier molecular flexibility index (Phi) is 5.21. The second-order valence-electron chi connectivity index (χ2n) is 5.22. The Bertz CT molecular complexity index is 465. The third-order valence-electron chi connectivity index (χ3n) is 3.67. The van der Waals surface area contributed by atoms with Crippen LogP contribution in [0.4, 0.5) is 0 Å². The van der Waals surface area contributed by atoms with Crippen LogP contribution in [0.15, 0.2) is 18.2 Å². The third kappa shape index (κ3) is 3.94. The molecule has 1 saturated heterocycles. The summed E-state index contributed by atoms with van der Waals surface area (Å²) in [5.74, 6) is 0.732. The average Bonchev–Trinajstić information content (AvgIpc) is 2.42. The van der Waals surface area contributed by atoms with Gasteiger partial charge in [-0.3, -0.25) is 4.90 Å². The summed E-state index contributed by atoms with van der Waals surface area (Å²) in [5.41, 5.74) is 1.74. The minimum atomic E-state index is 0.625. The van der Waals surface area contributed by atoms with Gasteiger partial charge in [0.1, 0.15) is 0 Å². The van der Waals surface area contributed by atoms with Crippen molar-refractivity contribution < 1.29 is 0 Å². The number of nitriles is 1. The molecule has 1 fully saturated rings. The van der Waals surface area contributed by atoms with Crippen LogP contribution < -0.4 is 5.32 Å². The largest absolute Gasteiger partial charge is 0.319 e. The van der Waals surface area contributed by atoms with Crippen molar-refractivity contribution in [2.24, 2.45) is 5.92 Å². The Hall–Kier alpha value is -1.08. The summed E-state index contributed by atoms with van der Waals surface area (Å²) in [5, 5.41) is 12.8. The van der Waals surface area contributed by atoms with Gasteiger partial charge in [-0.2, -0.15) is 5.26 Å². The molecular formula is C15H20ClN3. The van der Waals surface area contributed by atoms with Crippen LogP contribution in [0.2, 0.25) is 5.02 Å². The van der Waals surface area contributed by atoms with Crippen molar-refractivity contribution >= 4 is 11.6 Å². The molecule has 1 aromatic carbocycles. The molecule has 1 atom stereocenters. The monoisotopic (exact) mass is 277 g/mol. The van der Waals surface area contributed by atoms with Crippen LogP contribution in [0.25, 0.3) is 0 Å². The highest BCUT2D eigenvalue weighted by atomic mass is 35.5. The van der Waals surface area contributed by atoms with Gasteiger partial charge in [0.05, 0.1) is 11.6 Å². The van der Waals surface area contributed by atoms with Crippen molar-refractivity contribution in [2.45, 2.75) is 19.4 Å². The Labute approximate surface area is 120 Å². The van der Waals surface area contributed by atoms with Crippen molar-refractivity contribution in [3.8, 4) is 6.07 Å². The number of nitrogens with zero attached hydrogens (tertiary/aromatic N) is 2. The highest BCUT2D eigenvalue weighted by molar-refractivity contribution is 6.31. The van der Waals surface area contributed by atoms with Crippen LogP contribution >= 0.6 is 11.6 Å². The molecule has 3 nitrogen and oxygen atoms in total. The van der Waals surface area contributed by atoms with E-state index < -0.39 is 0 Å². The van der Waals surface area contributed by atoms with Gasteiger partial charge in [0.2, 0.25) is 0 Å². The van der Waals surface area contributed by atoms with E-state index in [1.165, 1.54) is 12.8 Å². The first-order valence-electron chi connectivity index (χ1n) is 6.78. The lowest BCUT2D eigenvalue weighted by molar-refractivity contribution is 0.167. The van der Waals surface area contributed by atoms with Crippen LogP contribution in [-0.4, -0.2) is 31.6 Å². The van der Waals surface area contributed by atoms with E-state index >= 15 is 0 Å². The number of hydrogen-bond acceptors (Lipinski definition) is 3. The molecular weight excluding hydrogens is 258 g/mol. The first-order chi connectivity index (χ1) is 9.22. The van der Waals surface area contributed by atoms with Crippen LogP contribution in [-0.2, 0) is 6.54 Å². The van der Waals surface area contributed by atoms with E-state index in [-0.39, 0.29) is 0 Å². The maximum absolute atomic E-state index is 8.84. The molecule has 19 heavy (non-hydrogen) atoms. The molecule has 0 amide bonds. The summed E-state index contributed by atoms with van der Waals surface area (Å²) in [6, 6.07) is 7.69. The number of benzene rings is 1. The molecule has 0 aliphatic carbocycles. The van der Waals surface area contributed by atoms with Gasteiger partial charge in [-0.25, -0.2) is 0 Å². The Morgan fingerprint density at radius 3 is 3.05 bits per heavy atom. The molecule has 4 heteroatoms. The number of piperidine rings is 1. The summed E-state index contributed by atoms with van der Waals surface area (Å²) in [6.45, 7) is 4.22. The van der Waals surface area contributed by atoms with E-state index in [2.05, 4.69) is 16.3 Å². The van der Waals surface area contributed by atoms with Crippen LogP contribution in [0.5, 0.6) is 0 Å². The fourth-order valence-electron chi connectivity index (χ4n) is 2.74. The molecule has 2 rings (SSSR count). The Balaban J connectivity index is 1.99.